The van der Waals surface area contributed by atoms with Gasteiger partial charge in [0.05, 0.1) is 55.6 Å². The molecular weight excluding hydrogens is 1770 g/mol. The van der Waals surface area contributed by atoms with Gasteiger partial charge in [0.25, 0.3) is 0 Å². The van der Waals surface area contributed by atoms with E-state index in [9.17, 15) is 42.6 Å². The number of rotatable bonds is 13. The van der Waals surface area contributed by atoms with Gasteiger partial charge in [-0.1, -0.05) is 103 Å². The third-order valence-electron chi connectivity index (χ3n) is 23.7. The number of benzene rings is 8. The molecule has 4 aliphatic heterocycles. The number of methoxy groups -OCH3 is 1. The summed E-state index contributed by atoms with van der Waals surface area (Å²) in [6, 6.07) is 21.0. The number of phenols is 2. The van der Waals surface area contributed by atoms with Gasteiger partial charge in [-0.15, -0.1) is 0 Å². The van der Waals surface area contributed by atoms with Crippen LogP contribution >= 0.6 is 46.4 Å². The van der Waals surface area contributed by atoms with Crippen molar-refractivity contribution in [2.75, 3.05) is 85.6 Å². The van der Waals surface area contributed by atoms with Crippen LogP contribution in [0.2, 0.25) is 20.1 Å². The van der Waals surface area contributed by atoms with Crippen molar-refractivity contribution in [2.24, 2.45) is 0 Å². The van der Waals surface area contributed by atoms with Gasteiger partial charge >= 0.3 is 0 Å². The second-order valence-corrected chi connectivity index (χ2v) is 33.5. The number of carbonyl (C=O) groups is 4. The van der Waals surface area contributed by atoms with E-state index in [4.69, 9.17) is 51.1 Å². The normalized spacial score (nSPS) is 18.1. The van der Waals surface area contributed by atoms with E-state index in [1.807, 2.05) is 82.2 Å². The minimum Gasteiger partial charge on any atom is -0.507 e. The number of halogens is 11. The van der Waals surface area contributed by atoms with Crippen molar-refractivity contribution < 1.29 is 64.9 Å². The standard InChI is InChI=1S/C24H23ClF2N4O2.C24H22ClFN6O.2C23H21ClF2N4O2/c1-5-19(32)30-10-14(3)31(11-13(30)2)24-15-9-16(25)20(22(27)23(15)28-12-29-24)21-17(26)7-6-8-18(21)33-4;1-4-18(33)31-7-8-32(14(3)11-31)24-16-9-17(25)20(21(26)23(16)27-12-28-24)19-13(2)5-6-15-10-29-30-22(15)19;1-4-18(32)29-9-13(3)30(10-12(29)2)23-14-8-15(24)19(21(26)22(14)27-11-28-23)20-16(25)6-5-7-17(20)31;1-4-18(32)29-9-12(2)30(13(3)10-29)23-14-8-15(24)19(21(26)22(14)27-11-28-23)20-16(25)6-5-7-17(20)31/h5-9,12-14H,1,10-11H2,2-4H3;4-6,9-10,12,14H,1,7-8,11H2,2-3H3,(H,29,30);2*4-8,11-13,31H,1,9-10H2,2-3H3/t13-,14+;14-;2*12-,13+/m101./s1. The number of aromatic amines is 1. The molecule has 0 radical (unpaired) electrons. The third-order valence-corrected chi connectivity index (χ3v) is 24.9. The average Bonchev–Trinajstić information content (AvgIpc) is 1.21. The second kappa shape index (κ2) is 38.6. The van der Waals surface area contributed by atoms with Gasteiger partial charge < -0.3 is 54.1 Å². The molecule has 36 heteroatoms. The van der Waals surface area contributed by atoms with Gasteiger partial charge in [0.2, 0.25) is 23.6 Å². The maximum Gasteiger partial charge on any atom is 0.246 e. The van der Waals surface area contributed by atoms with Crippen LogP contribution in [0.3, 0.4) is 0 Å². The number of nitrogens with one attached hydrogen (secondary N) is 1. The summed E-state index contributed by atoms with van der Waals surface area (Å²) >= 11 is 26.0. The lowest BCUT2D eigenvalue weighted by molar-refractivity contribution is -0.129. The summed E-state index contributed by atoms with van der Waals surface area (Å²) in [4.78, 5) is 97.5. The first-order valence-electron chi connectivity index (χ1n) is 41.2. The highest BCUT2D eigenvalue weighted by molar-refractivity contribution is 6.36. The van der Waals surface area contributed by atoms with E-state index in [0.29, 0.717) is 109 Å². The molecule has 4 aliphatic rings. The Bertz CT molecular complexity index is 6670. The Morgan fingerprint density at radius 3 is 1.18 bits per heavy atom. The molecule has 0 spiro atoms. The summed E-state index contributed by atoms with van der Waals surface area (Å²) in [5.41, 5.74) is 1.34. The van der Waals surface area contributed by atoms with Crippen molar-refractivity contribution in [3.8, 4) is 61.8 Å². The van der Waals surface area contributed by atoms with Crippen LogP contribution in [0.15, 0.2) is 173 Å². The van der Waals surface area contributed by atoms with Crippen LogP contribution in [0.1, 0.15) is 54.0 Å². The Hall–Kier alpha value is -13.3. The fraction of sp³-hybridized carbons (Fsp3) is 0.266. The number of carbonyl (C=O) groups excluding carboxylic acids is 4. The zero-order chi connectivity index (χ0) is 93.4. The Morgan fingerprint density at radius 2 is 0.777 bits per heavy atom. The smallest absolute Gasteiger partial charge is 0.246 e. The predicted octanol–water partition coefficient (Wildman–Crippen LogP) is 18.4. The van der Waals surface area contributed by atoms with Crippen LogP contribution in [0.4, 0.5) is 54.0 Å². The topological polar surface area (TPSA) is 276 Å². The summed E-state index contributed by atoms with van der Waals surface area (Å²) in [6.45, 7) is 34.1. The van der Waals surface area contributed by atoms with Crippen molar-refractivity contribution in [2.45, 2.75) is 97.7 Å². The maximum atomic E-state index is 16.0. The van der Waals surface area contributed by atoms with Gasteiger partial charge in [-0.2, -0.15) is 5.10 Å². The highest BCUT2D eigenvalue weighted by atomic mass is 35.5. The van der Waals surface area contributed by atoms with Gasteiger partial charge in [0.1, 0.15) is 105 Å². The van der Waals surface area contributed by atoms with E-state index in [-0.39, 0.29) is 153 Å². The van der Waals surface area contributed by atoms with E-state index >= 15 is 17.6 Å². The summed E-state index contributed by atoms with van der Waals surface area (Å²) < 4.78 is 112. The zero-order valence-electron chi connectivity index (χ0n) is 71.8. The number of anilines is 4. The number of aromatic hydroxyl groups is 2. The minimum atomic E-state index is -0.850. The number of fused-ring (bicyclic) bond motifs is 5. The number of aromatic nitrogens is 10. The molecule has 25 nitrogen and oxygen atoms in total. The molecule has 4 saturated heterocycles. The van der Waals surface area contributed by atoms with Gasteiger partial charge in [0, 0.05) is 156 Å². The quantitative estimate of drug-likeness (QED) is 0.0714. The molecule has 8 aromatic carbocycles. The van der Waals surface area contributed by atoms with E-state index < -0.39 is 52.2 Å². The highest BCUT2D eigenvalue weighted by Crippen LogP contribution is 2.49. The highest BCUT2D eigenvalue weighted by Gasteiger charge is 2.39. The summed E-state index contributed by atoms with van der Waals surface area (Å²) in [6.07, 6.45) is 12.0. The van der Waals surface area contributed by atoms with Gasteiger partial charge in [-0.3, -0.25) is 24.3 Å². The number of piperazine rings is 4. The SMILES string of the molecule is C=CC(=O)N1CCN(c2ncnc3c(F)c(-c4c(C)ccc5cn[nH]c45)c(Cl)cc23)[C@@H](C)C1.C=CC(=O)N1C[C@@H](C)N(c2ncnc3c(F)c(-c4c(O)cccc4F)c(Cl)cc23)[C@@H](C)C1.C=CC(=O)N1C[C@H](C)N(c2ncnc3c(F)c(-c4c(F)cccc4OC)c(Cl)cc23)C[C@H]1C.C=CC(=O)N1C[C@H](C)N(c2ncnc3c(F)c(-c4c(O)cccc4F)c(Cl)cc23)C[C@H]1C. The zero-order valence-corrected chi connectivity index (χ0v) is 74.8. The maximum absolute atomic E-state index is 16.0. The molecule has 0 saturated carbocycles. The van der Waals surface area contributed by atoms with Gasteiger partial charge in [-0.05, 0) is 146 Å². The van der Waals surface area contributed by atoms with E-state index in [2.05, 4.69) is 81.3 Å². The van der Waals surface area contributed by atoms with E-state index in [1.165, 1.54) is 111 Å². The van der Waals surface area contributed by atoms with Gasteiger partial charge in [-0.25, -0.2) is 70.6 Å². The number of aryl methyl sites for hydroxylation is 1. The molecule has 5 aromatic heterocycles. The monoisotopic (exact) mass is 1850 g/mol. The van der Waals surface area contributed by atoms with E-state index in [0.717, 1.165) is 28.6 Å². The molecule has 13 aromatic rings. The molecule has 4 fully saturated rings. The third kappa shape index (κ3) is 17.5. The molecule has 4 amide bonds. The Labute approximate surface area is 762 Å². The first-order valence-corrected chi connectivity index (χ1v) is 42.7. The van der Waals surface area contributed by atoms with Crippen molar-refractivity contribution in [3.63, 3.8) is 0 Å². The lowest BCUT2D eigenvalue weighted by Crippen LogP contribution is -2.58. The van der Waals surface area contributed by atoms with Crippen LogP contribution in [0, 0.1) is 47.6 Å². The van der Waals surface area contributed by atoms with Crippen LogP contribution in [0.25, 0.3) is 99.0 Å². The molecule has 7 atom stereocenters. The molecule has 130 heavy (non-hydrogen) atoms. The first kappa shape index (κ1) is 92.9. The lowest BCUT2D eigenvalue weighted by Gasteiger charge is -2.45. The van der Waals surface area contributed by atoms with Crippen LogP contribution in [0.5, 0.6) is 17.2 Å². The van der Waals surface area contributed by atoms with E-state index in [1.54, 1.807) is 37.9 Å². The molecule has 0 aliphatic carbocycles. The van der Waals surface area contributed by atoms with Crippen LogP contribution < -0.4 is 24.3 Å². The molecule has 672 valence electrons. The van der Waals surface area contributed by atoms with Crippen LogP contribution in [-0.2, 0) is 19.2 Å². The number of amides is 4. The summed E-state index contributed by atoms with van der Waals surface area (Å²) in [5.74, 6) is -4.43. The van der Waals surface area contributed by atoms with Crippen molar-refractivity contribution in [3.05, 3.63) is 239 Å². The minimum absolute atomic E-state index is 0.0145. The second-order valence-electron chi connectivity index (χ2n) is 31.9. The lowest BCUT2D eigenvalue weighted by atomic mass is 9.96. The molecular formula is C94H87Cl4F7N18O7. The fourth-order valence-electron chi connectivity index (χ4n) is 17.5. The number of phenolic OH excluding ortho intramolecular Hbond substituents is 2. The fourth-order valence-corrected chi connectivity index (χ4v) is 18.6. The number of hydrogen-bond donors (Lipinski definition) is 3. The number of nitrogens with zero attached hydrogens (tertiary/aromatic N) is 17. The van der Waals surface area contributed by atoms with Gasteiger partial charge in [0.15, 0.2) is 23.3 Å². The molecule has 3 N–H and O–H groups in total. The van der Waals surface area contributed by atoms with Crippen molar-refractivity contribution in [1.29, 1.82) is 0 Å². The van der Waals surface area contributed by atoms with Crippen LogP contribution in [-0.4, -0.2) is 212 Å². The number of ether oxygens (including phenoxy) is 1. The predicted molar refractivity (Wildman–Crippen MR) is 492 cm³/mol. The Kier molecular flexibility index (Phi) is 27.5. The summed E-state index contributed by atoms with van der Waals surface area (Å²) in [5, 5.41) is 30.0. The summed E-state index contributed by atoms with van der Waals surface area (Å²) in [7, 11) is 1.38. The van der Waals surface area contributed by atoms with Crippen molar-refractivity contribution in [1.82, 2.24) is 69.7 Å². The van der Waals surface area contributed by atoms with Crippen molar-refractivity contribution >= 4 is 148 Å². The largest absolute Gasteiger partial charge is 0.507 e. The molecule has 9 heterocycles. The number of H-pyrrole nitrogens is 1. The molecule has 0 bridgehead atoms. The Balaban J connectivity index is 0.000000140. The first-order chi connectivity index (χ1) is 62.2. The average molecular weight is 1860 g/mol. The molecule has 17 rings (SSSR count). The Morgan fingerprint density at radius 1 is 0.415 bits per heavy atom. The number of hydrogen-bond acceptors (Lipinski definition) is 20. The molecule has 0 unspecified atom stereocenters.